The molecule has 1 aliphatic heterocycles. The SMILES string of the molecule is N#C[C@H](C[C@@H]1CCNC1=O)NC(=O)CCC1CC1. The van der Waals surface area contributed by atoms with Gasteiger partial charge in [0.15, 0.2) is 0 Å². The van der Waals surface area contributed by atoms with Gasteiger partial charge in [-0.2, -0.15) is 5.26 Å². The van der Waals surface area contributed by atoms with Crippen molar-refractivity contribution in [1.82, 2.24) is 10.6 Å². The number of hydrogen-bond acceptors (Lipinski definition) is 3. The second kappa shape index (κ2) is 5.85. The van der Waals surface area contributed by atoms with Crippen LogP contribution in [0, 0.1) is 23.2 Å². The fraction of sp³-hybridized carbons (Fsp3) is 0.769. The average Bonchev–Trinajstić information content (AvgIpc) is 3.10. The average molecular weight is 249 g/mol. The van der Waals surface area contributed by atoms with E-state index in [4.69, 9.17) is 5.26 Å². The molecular formula is C13H19N3O2. The second-order valence-electron chi connectivity index (χ2n) is 5.24. The molecule has 0 aromatic heterocycles. The van der Waals surface area contributed by atoms with E-state index in [-0.39, 0.29) is 17.7 Å². The first-order valence-corrected chi connectivity index (χ1v) is 6.65. The quantitative estimate of drug-likeness (QED) is 0.727. The van der Waals surface area contributed by atoms with E-state index in [0.717, 1.165) is 18.8 Å². The molecule has 0 spiro atoms. The highest BCUT2D eigenvalue weighted by atomic mass is 16.2. The Bertz CT molecular complexity index is 371. The molecule has 0 radical (unpaired) electrons. The first-order valence-electron chi connectivity index (χ1n) is 6.65. The summed E-state index contributed by atoms with van der Waals surface area (Å²) in [4.78, 5) is 23.0. The zero-order chi connectivity index (χ0) is 13.0. The van der Waals surface area contributed by atoms with Crippen molar-refractivity contribution >= 4 is 11.8 Å². The van der Waals surface area contributed by atoms with E-state index in [9.17, 15) is 9.59 Å². The number of nitriles is 1. The largest absolute Gasteiger partial charge is 0.356 e. The summed E-state index contributed by atoms with van der Waals surface area (Å²) in [6.07, 6.45) is 5.08. The molecule has 5 nitrogen and oxygen atoms in total. The van der Waals surface area contributed by atoms with Gasteiger partial charge in [-0.1, -0.05) is 12.8 Å². The number of amides is 2. The van der Waals surface area contributed by atoms with Crippen molar-refractivity contribution in [1.29, 1.82) is 5.26 Å². The van der Waals surface area contributed by atoms with Crippen LogP contribution in [0.4, 0.5) is 0 Å². The fourth-order valence-electron chi connectivity index (χ4n) is 2.31. The third-order valence-corrected chi connectivity index (χ3v) is 3.65. The van der Waals surface area contributed by atoms with E-state index in [1.807, 2.05) is 0 Å². The summed E-state index contributed by atoms with van der Waals surface area (Å²) in [6, 6.07) is 1.54. The predicted octanol–water partition coefficient (Wildman–Crippen LogP) is 0.711. The van der Waals surface area contributed by atoms with Crippen molar-refractivity contribution in [2.45, 2.75) is 44.6 Å². The van der Waals surface area contributed by atoms with Crippen LogP contribution in [0.25, 0.3) is 0 Å². The van der Waals surface area contributed by atoms with Crippen molar-refractivity contribution in [2.75, 3.05) is 6.54 Å². The summed E-state index contributed by atoms with van der Waals surface area (Å²) in [5.41, 5.74) is 0. The third-order valence-electron chi connectivity index (χ3n) is 3.65. The Morgan fingerprint density at radius 3 is 2.83 bits per heavy atom. The summed E-state index contributed by atoms with van der Waals surface area (Å²) in [5.74, 6) is 0.532. The van der Waals surface area contributed by atoms with Crippen LogP contribution in [0.2, 0.25) is 0 Å². The number of carbonyl (C=O) groups is 2. The highest BCUT2D eigenvalue weighted by Gasteiger charge is 2.28. The zero-order valence-corrected chi connectivity index (χ0v) is 10.4. The Morgan fingerprint density at radius 2 is 2.28 bits per heavy atom. The van der Waals surface area contributed by atoms with Gasteiger partial charge in [-0.25, -0.2) is 0 Å². The molecule has 2 atom stereocenters. The monoisotopic (exact) mass is 249 g/mol. The maximum absolute atomic E-state index is 11.6. The number of rotatable bonds is 6. The van der Waals surface area contributed by atoms with E-state index < -0.39 is 6.04 Å². The third kappa shape index (κ3) is 3.73. The van der Waals surface area contributed by atoms with E-state index in [1.54, 1.807) is 0 Å². The van der Waals surface area contributed by atoms with Crippen molar-refractivity contribution in [3.8, 4) is 6.07 Å². The summed E-state index contributed by atoms with van der Waals surface area (Å²) >= 11 is 0. The molecule has 1 heterocycles. The number of nitrogens with zero attached hydrogens (tertiary/aromatic N) is 1. The maximum atomic E-state index is 11.6. The van der Waals surface area contributed by atoms with Crippen LogP contribution in [-0.2, 0) is 9.59 Å². The first kappa shape index (κ1) is 12.9. The van der Waals surface area contributed by atoms with Gasteiger partial charge in [-0.3, -0.25) is 9.59 Å². The molecule has 2 N–H and O–H groups in total. The lowest BCUT2D eigenvalue weighted by Crippen LogP contribution is -2.36. The van der Waals surface area contributed by atoms with Crippen molar-refractivity contribution < 1.29 is 9.59 Å². The smallest absolute Gasteiger partial charge is 0.223 e. The Morgan fingerprint density at radius 1 is 1.50 bits per heavy atom. The standard InChI is InChI=1S/C13H19N3O2/c14-8-11(7-10-5-6-15-13(10)18)16-12(17)4-3-9-1-2-9/h9-11H,1-7H2,(H,15,18)(H,16,17)/t10-,11-/m0/s1. The molecule has 0 bridgehead atoms. The molecule has 2 fully saturated rings. The van der Waals surface area contributed by atoms with Gasteiger partial charge in [-0.15, -0.1) is 0 Å². The minimum Gasteiger partial charge on any atom is -0.356 e. The van der Waals surface area contributed by atoms with E-state index in [2.05, 4.69) is 16.7 Å². The normalized spacial score (nSPS) is 24.2. The lowest BCUT2D eigenvalue weighted by atomic mass is 9.99. The topological polar surface area (TPSA) is 82.0 Å². The van der Waals surface area contributed by atoms with E-state index >= 15 is 0 Å². The van der Waals surface area contributed by atoms with Crippen LogP contribution in [0.3, 0.4) is 0 Å². The van der Waals surface area contributed by atoms with Crippen LogP contribution in [0.15, 0.2) is 0 Å². The highest BCUT2D eigenvalue weighted by Crippen LogP contribution is 2.33. The van der Waals surface area contributed by atoms with Gasteiger partial charge in [0, 0.05) is 18.9 Å². The van der Waals surface area contributed by atoms with Crippen molar-refractivity contribution in [2.24, 2.45) is 11.8 Å². The minimum atomic E-state index is -0.537. The molecular weight excluding hydrogens is 230 g/mol. The lowest BCUT2D eigenvalue weighted by molar-refractivity contribution is -0.124. The number of carbonyl (C=O) groups excluding carboxylic acids is 2. The second-order valence-corrected chi connectivity index (χ2v) is 5.24. The molecule has 1 aliphatic carbocycles. The molecule has 2 rings (SSSR count). The van der Waals surface area contributed by atoms with Gasteiger partial charge in [0.2, 0.25) is 11.8 Å². The number of nitrogens with one attached hydrogen (secondary N) is 2. The molecule has 1 saturated carbocycles. The Labute approximate surface area is 107 Å². The molecule has 5 heteroatoms. The Kier molecular flexibility index (Phi) is 4.19. The molecule has 98 valence electrons. The van der Waals surface area contributed by atoms with Crippen molar-refractivity contribution in [3.05, 3.63) is 0 Å². The molecule has 0 aromatic rings. The molecule has 2 amide bonds. The Hall–Kier alpha value is -1.57. The summed E-state index contributed by atoms with van der Waals surface area (Å²) < 4.78 is 0. The first-order chi connectivity index (χ1) is 8.69. The molecule has 18 heavy (non-hydrogen) atoms. The summed E-state index contributed by atoms with van der Waals surface area (Å²) in [7, 11) is 0. The van der Waals surface area contributed by atoms with Crippen LogP contribution in [-0.4, -0.2) is 24.4 Å². The van der Waals surface area contributed by atoms with E-state index in [1.165, 1.54) is 12.8 Å². The van der Waals surface area contributed by atoms with Gasteiger partial charge >= 0.3 is 0 Å². The Balaban J connectivity index is 1.72. The van der Waals surface area contributed by atoms with Gasteiger partial charge < -0.3 is 10.6 Å². The maximum Gasteiger partial charge on any atom is 0.223 e. The minimum absolute atomic E-state index is 0.00230. The van der Waals surface area contributed by atoms with Crippen LogP contribution in [0.1, 0.15) is 38.5 Å². The molecule has 2 aliphatic rings. The molecule has 0 unspecified atom stereocenters. The van der Waals surface area contributed by atoms with Gasteiger partial charge in [0.25, 0.3) is 0 Å². The van der Waals surface area contributed by atoms with Crippen LogP contribution in [0.5, 0.6) is 0 Å². The molecule has 0 aromatic carbocycles. The predicted molar refractivity (Wildman–Crippen MR) is 65.2 cm³/mol. The summed E-state index contributed by atoms with van der Waals surface area (Å²) in [6.45, 7) is 0.678. The highest BCUT2D eigenvalue weighted by molar-refractivity contribution is 5.81. The van der Waals surface area contributed by atoms with Crippen LogP contribution < -0.4 is 10.6 Å². The van der Waals surface area contributed by atoms with Crippen molar-refractivity contribution in [3.63, 3.8) is 0 Å². The molecule has 1 saturated heterocycles. The van der Waals surface area contributed by atoms with E-state index in [0.29, 0.717) is 19.4 Å². The summed E-state index contributed by atoms with van der Waals surface area (Å²) in [5, 5.41) is 14.5. The van der Waals surface area contributed by atoms with Gasteiger partial charge in [0.05, 0.1) is 6.07 Å². The number of hydrogen-bond donors (Lipinski definition) is 2. The van der Waals surface area contributed by atoms with Gasteiger partial charge in [0.1, 0.15) is 6.04 Å². The zero-order valence-electron chi connectivity index (χ0n) is 10.4. The fourth-order valence-corrected chi connectivity index (χ4v) is 2.31. The lowest BCUT2D eigenvalue weighted by Gasteiger charge is -2.14. The van der Waals surface area contributed by atoms with Gasteiger partial charge in [-0.05, 0) is 25.2 Å². The van der Waals surface area contributed by atoms with Crippen LogP contribution >= 0.6 is 0 Å².